The highest BCUT2D eigenvalue weighted by Gasteiger charge is 2.42. The van der Waals surface area contributed by atoms with Crippen LogP contribution in [0.1, 0.15) is 38.7 Å². The lowest BCUT2D eigenvalue weighted by atomic mass is 9.97. The first kappa shape index (κ1) is 23.0. The zero-order chi connectivity index (χ0) is 23.5. The summed E-state index contributed by atoms with van der Waals surface area (Å²) in [5.41, 5.74) is 0.931. The maximum Gasteiger partial charge on any atom is 0.223 e. The third-order valence-corrected chi connectivity index (χ3v) is 7.27. The number of anilines is 1. The molecule has 2 bridgehead atoms. The summed E-state index contributed by atoms with van der Waals surface area (Å²) in [6, 6.07) is 3.31. The summed E-state index contributed by atoms with van der Waals surface area (Å²) in [7, 11) is 0. The van der Waals surface area contributed by atoms with Crippen LogP contribution in [-0.2, 0) is 10.3 Å². The molecule has 10 heteroatoms. The highest BCUT2D eigenvalue weighted by molar-refractivity contribution is 6.40. The maximum atomic E-state index is 10.6. The summed E-state index contributed by atoms with van der Waals surface area (Å²) < 4.78 is 5.79. The zero-order valence-electron chi connectivity index (χ0n) is 18.0. The van der Waals surface area contributed by atoms with Crippen molar-refractivity contribution in [3.8, 4) is 11.3 Å². The van der Waals surface area contributed by atoms with E-state index in [0.717, 1.165) is 12.8 Å². The van der Waals surface area contributed by atoms with E-state index in [2.05, 4.69) is 20.3 Å². The van der Waals surface area contributed by atoms with Crippen LogP contribution in [-0.4, -0.2) is 49.5 Å². The number of nitrogens with one attached hydrogen (secondary N) is 1. The number of pyridine rings is 1. The number of aliphatic hydroxyl groups is 2. The molecule has 2 aliphatic heterocycles. The molecule has 0 unspecified atom stereocenters. The minimum Gasteiger partial charge on any atom is -0.388 e. The van der Waals surface area contributed by atoms with E-state index < -0.39 is 11.7 Å². The molecule has 5 rings (SSSR count). The lowest BCUT2D eigenvalue weighted by molar-refractivity contribution is -0.0811. The van der Waals surface area contributed by atoms with Crippen molar-refractivity contribution >= 4 is 51.7 Å². The van der Waals surface area contributed by atoms with Gasteiger partial charge in [-0.05, 0) is 45.2 Å². The second-order valence-electron chi connectivity index (χ2n) is 9.14. The number of halogens is 3. The Morgan fingerprint density at radius 3 is 2.64 bits per heavy atom. The molecular weight excluding hydrogens is 487 g/mol. The summed E-state index contributed by atoms with van der Waals surface area (Å²) in [5, 5.41) is 26.0. The molecule has 0 spiro atoms. The molecule has 0 aliphatic carbocycles. The quantitative estimate of drug-likeness (QED) is 0.456. The molecule has 2 fully saturated rings. The Balaban J connectivity index is 1.53. The van der Waals surface area contributed by atoms with Crippen molar-refractivity contribution in [2.45, 2.75) is 63.1 Å². The Bertz CT molecular complexity index is 1230. The monoisotopic (exact) mass is 508 g/mol. The Morgan fingerprint density at radius 1 is 1.09 bits per heavy atom. The van der Waals surface area contributed by atoms with Crippen LogP contribution in [0.15, 0.2) is 24.5 Å². The van der Waals surface area contributed by atoms with Gasteiger partial charge in [0, 0.05) is 22.7 Å². The number of aromatic nitrogens is 3. The highest BCUT2D eigenvalue weighted by atomic mass is 35.5. The third-order valence-electron chi connectivity index (χ3n) is 6.30. The molecule has 0 amide bonds. The van der Waals surface area contributed by atoms with E-state index in [1.165, 1.54) is 12.4 Å². The Morgan fingerprint density at radius 2 is 1.88 bits per heavy atom. The third kappa shape index (κ3) is 4.27. The van der Waals surface area contributed by atoms with Gasteiger partial charge in [-0.25, -0.2) is 9.97 Å². The van der Waals surface area contributed by atoms with Gasteiger partial charge in [0.05, 0.1) is 56.3 Å². The minimum atomic E-state index is -1.17. The average Bonchev–Trinajstić information content (AvgIpc) is 3.16. The van der Waals surface area contributed by atoms with Crippen LogP contribution in [0.4, 0.5) is 5.95 Å². The highest BCUT2D eigenvalue weighted by Crippen LogP contribution is 2.39. The fourth-order valence-corrected chi connectivity index (χ4v) is 5.47. The summed E-state index contributed by atoms with van der Waals surface area (Å²) >= 11 is 19.6. The summed E-state index contributed by atoms with van der Waals surface area (Å²) in [4.78, 5) is 13.3. The molecule has 0 radical (unpaired) electrons. The average molecular weight is 510 g/mol. The molecule has 3 aromatic rings. The first-order valence-electron chi connectivity index (χ1n) is 10.8. The number of nitrogens with zero attached hydrogens (tertiary/aromatic N) is 3. The van der Waals surface area contributed by atoms with Crippen LogP contribution >= 0.6 is 34.8 Å². The predicted octanol–water partition coefficient (Wildman–Crippen LogP) is 4.97. The number of aliphatic hydroxyl groups excluding tert-OH is 1. The Kier molecular flexibility index (Phi) is 5.92. The van der Waals surface area contributed by atoms with E-state index in [1.807, 2.05) is 0 Å². The van der Waals surface area contributed by atoms with Gasteiger partial charge in [-0.15, -0.1) is 0 Å². The van der Waals surface area contributed by atoms with Gasteiger partial charge in [-0.1, -0.05) is 34.8 Å². The Labute approximate surface area is 206 Å². The lowest BCUT2D eigenvalue weighted by Crippen LogP contribution is -2.47. The zero-order valence-corrected chi connectivity index (χ0v) is 20.3. The van der Waals surface area contributed by atoms with Crippen molar-refractivity contribution in [3.05, 3.63) is 45.2 Å². The van der Waals surface area contributed by atoms with Crippen LogP contribution in [0, 0.1) is 0 Å². The standard InChI is InChI=1S/C23H23Cl3N4O3/c1-23(2,32)13-8-27-20-12(18(13)26)5-10(6-14(20)24)19-15(25)9-28-22(30-19)29-16-7-11-3-4-17(33-11)21(16)31/h5-6,8-9,11,16-17,21,31-32H,3-4,7H2,1-2H3,(H,28,29,30)/t11-,16-,17+,21+/m1/s1. The molecule has 174 valence electrons. The van der Waals surface area contributed by atoms with Crippen LogP contribution < -0.4 is 5.32 Å². The number of hydrogen-bond donors (Lipinski definition) is 3. The lowest BCUT2D eigenvalue weighted by Gasteiger charge is -2.33. The number of rotatable bonds is 4. The van der Waals surface area contributed by atoms with Gasteiger partial charge in [0.25, 0.3) is 0 Å². The SMILES string of the molecule is CC(C)(O)c1cnc2c(Cl)cc(-c3nc(N[C@@H]4C[C@H]5CC[C@H](O5)[C@H]4O)ncc3Cl)cc2c1Cl. The smallest absolute Gasteiger partial charge is 0.223 e. The summed E-state index contributed by atoms with van der Waals surface area (Å²) in [6.07, 6.45) is 4.87. The van der Waals surface area contributed by atoms with Crippen molar-refractivity contribution in [2.24, 2.45) is 0 Å². The molecule has 2 aromatic heterocycles. The van der Waals surface area contributed by atoms with Crippen molar-refractivity contribution in [2.75, 3.05) is 5.32 Å². The van der Waals surface area contributed by atoms with Crippen LogP contribution in [0.2, 0.25) is 15.1 Å². The summed E-state index contributed by atoms with van der Waals surface area (Å²) in [6.45, 7) is 3.28. The van der Waals surface area contributed by atoms with E-state index in [1.54, 1.807) is 26.0 Å². The summed E-state index contributed by atoms with van der Waals surface area (Å²) in [5.74, 6) is 0.352. The fourth-order valence-electron chi connectivity index (χ4n) is 4.58. The molecule has 3 N–H and O–H groups in total. The first-order valence-corrected chi connectivity index (χ1v) is 11.9. The van der Waals surface area contributed by atoms with E-state index in [9.17, 15) is 10.2 Å². The number of fused-ring (bicyclic) bond motifs is 3. The van der Waals surface area contributed by atoms with Crippen LogP contribution in [0.3, 0.4) is 0 Å². The molecule has 2 aliphatic rings. The van der Waals surface area contributed by atoms with Gasteiger partial charge in [0.2, 0.25) is 5.95 Å². The second-order valence-corrected chi connectivity index (χ2v) is 10.3. The molecule has 7 nitrogen and oxygen atoms in total. The van der Waals surface area contributed by atoms with E-state index in [0.29, 0.717) is 55.2 Å². The van der Waals surface area contributed by atoms with Gasteiger partial charge in [-0.3, -0.25) is 4.98 Å². The topological polar surface area (TPSA) is 100 Å². The van der Waals surface area contributed by atoms with Crippen molar-refractivity contribution in [3.63, 3.8) is 0 Å². The molecule has 4 heterocycles. The van der Waals surface area contributed by atoms with Crippen LogP contribution in [0.25, 0.3) is 22.2 Å². The molecule has 33 heavy (non-hydrogen) atoms. The van der Waals surface area contributed by atoms with Gasteiger partial charge >= 0.3 is 0 Å². The maximum absolute atomic E-state index is 10.6. The fraction of sp³-hybridized carbons (Fsp3) is 0.435. The molecule has 4 atom stereocenters. The van der Waals surface area contributed by atoms with Gasteiger partial charge < -0.3 is 20.3 Å². The van der Waals surface area contributed by atoms with Gasteiger partial charge in [-0.2, -0.15) is 0 Å². The number of ether oxygens (including phenoxy) is 1. The first-order chi connectivity index (χ1) is 15.6. The van der Waals surface area contributed by atoms with E-state index >= 15 is 0 Å². The van der Waals surface area contributed by atoms with Crippen molar-refractivity contribution in [1.29, 1.82) is 0 Å². The van der Waals surface area contributed by atoms with Crippen molar-refractivity contribution < 1.29 is 14.9 Å². The largest absolute Gasteiger partial charge is 0.388 e. The number of hydrogen-bond acceptors (Lipinski definition) is 7. The van der Waals surface area contributed by atoms with E-state index in [4.69, 9.17) is 39.5 Å². The number of benzene rings is 1. The van der Waals surface area contributed by atoms with Gasteiger partial charge in [0.1, 0.15) is 6.10 Å². The molecule has 2 saturated heterocycles. The molecule has 0 saturated carbocycles. The minimum absolute atomic E-state index is 0.140. The normalized spacial score (nSPS) is 24.9. The second kappa shape index (κ2) is 8.48. The molecule has 1 aromatic carbocycles. The van der Waals surface area contributed by atoms with Crippen molar-refractivity contribution in [1.82, 2.24) is 15.0 Å². The van der Waals surface area contributed by atoms with Gasteiger partial charge in [0.15, 0.2) is 0 Å². The Hall–Kier alpha value is -1.74. The molecular formula is C23H23Cl3N4O3. The van der Waals surface area contributed by atoms with E-state index in [-0.39, 0.29) is 18.2 Å². The van der Waals surface area contributed by atoms with Crippen LogP contribution in [0.5, 0.6) is 0 Å². The predicted molar refractivity (Wildman–Crippen MR) is 129 cm³/mol.